The summed E-state index contributed by atoms with van der Waals surface area (Å²) in [5.41, 5.74) is 1.45. The van der Waals surface area contributed by atoms with Crippen molar-refractivity contribution in [2.24, 2.45) is 0 Å². The average Bonchev–Trinajstić information content (AvgIpc) is 2.78. The molecule has 1 amide bonds. The number of carbonyl (C=O) groups is 2. The lowest BCUT2D eigenvalue weighted by Crippen LogP contribution is -2.40. The number of sulfonamides is 1. The summed E-state index contributed by atoms with van der Waals surface area (Å²) in [5, 5.41) is 5.63. The lowest BCUT2D eigenvalue weighted by Gasteiger charge is -2.26. The van der Waals surface area contributed by atoms with Gasteiger partial charge in [-0.3, -0.25) is 4.79 Å². The lowest BCUT2D eigenvalue weighted by atomic mass is 10.2. The van der Waals surface area contributed by atoms with Crippen LogP contribution in [0.4, 0.5) is 11.4 Å². The molecule has 10 heteroatoms. The van der Waals surface area contributed by atoms with Crippen LogP contribution in [0, 0.1) is 0 Å². The van der Waals surface area contributed by atoms with Gasteiger partial charge in [0.05, 0.1) is 37.3 Å². The van der Waals surface area contributed by atoms with Crippen molar-refractivity contribution in [3.05, 3.63) is 54.1 Å². The molecule has 0 bridgehead atoms. The molecule has 3 rings (SSSR count). The van der Waals surface area contributed by atoms with E-state index in [4.69, 9.17) is 4.74 Å². The van der Waals surface area contributed by atoms with E-state index in [1.807, 2.05) is 0 Å². The first-order chi connectivity index (χ1) is 14.4. The molecule has 0 atom stereocenters. The second-order valence-corrected chi connectivity index (χ2v) is 8.45. The van der Waals surface area contributed by atoms with E-state index in [0.29, 0.717) is 43.2 Å². The predicted octanol–water partition coefficient (Wildman–Crippen LogP) is 1.54. The minimum atomic E-state index is -3.58. The number of rotatable bonds is 7. The van der Waals surface area contributed by atoms with Gasteiger partial charge in [-0.2, -0.15) is 4.31 Å². The smallest absolute Gasteiger partial charge is 0.337 e. The van der Waals surface area contributed by atoms with Gasteiger partial charge in [-0.25, -0.2) is 13.2 Å². The molecule has 30 heavy (non-hydrogen) atoms. The first-order valence-corrected chi connectivity index (χ1v) is 10.7. The maximum absolute atomic E-state index is 12.6. The fourth-order valence-corrected chi connectivity index (χ4v) is 4.32. The van der Waals surface area contributed by atoms with Crippen molar-refractivity contribution in [3.8, 4) is 0 Å². The maximum atomic E-state index is 12.6. The minimum Gasteiger partial charge on any atom is -0.465 e. The summed E-state index contributed by atoms with van der Waals surface area (Å²) < 4.78 is 36.5. The highest BCUT2D eigenvalue weighted by molar-refractivity contribution is 7.89. The number of ether oxygens (including phenoxy) is 2. The van der Waals surface area contributed by atoms with E-state index in [2.05, 4.69) is 15.4 Å². The van der Waals surface area contributed by atoms with E-state index in [0.717, 1.165) is 0 Å². The van der Waals surface area contributed by atoms with E-state index >= 15 is 0 Å². The number of hydrogen-bond donors (Lipinski definition) is 2. The molecule has 1 saturated heterocycles. The van der Waals surface area contributed by atoms with Crippen molar-refractivity contribution >= 4 is 33.3 Å². The van der Waals surface area contributed by atoms with E-state index in [1.54, 1.807) is 36.4 Å². The largest absolute Gasteiger partial charge is 0.465 e. The fraction of sp³-hybridized carbons (Fsp3) is 0.300. The summed E-state index contributed by atoms with van der Waals surface area (Å²) in [7, 11) is -2.28. The van der Waals surface area contributed by atoms with Crippen LogP contribution in [0.5, 0.6) is 0 Å². The Balaban J connectivity index is 1.56. The third-order valence-corrected chi connectivity index (χ3v) is 6.40. The molecule has 1 fully saturated rings. The van der Waals surface area contributed by atoms with E-state index in [9.17, 15) is 18.0 Å². The second-order valence-electron chi connectivity index (χ2n) is 6.51. The summed E-state index contributed by atoms with van der Waals surface area (Å²) in [6.07, 6.45) is 0. The molecule has 0 saturated carbocycles. The first kappa shape index (κ1) is 21.8. The number of nitrogens with one attached hydrogen (secondary N) is 2. The van der Waals surface area contributed by atoms with E-state index < -0.39 is 16.0 Å². The normalized spacial score (nSPS) is 14.7. The number of esters is 1. The summed E-state index contributed by atoms with van der Waals surface area (Å²) >= 11 is 0. The molecule has 9 nitrogen and oxygen atoms in total. The Labute approximate surface area is 175 Å². The molecule has 0 unspecified atom stereocenters. The summed E-state index contributed by atoms with van der Waals surface area (Å²) in [4.78, 5) is 23.9. The highest BCUT2D eigenvalue weighted by Gasteiger charge is 2.26. The molecule has 2 aromatic carbocycles. The number of carbonyl (C=O) groups excluding carboxylic acids is 2. The topological polar surface area (TPSA) is 114 Å². The van der Waals surface area contributed by atoms with Crippen LogP contribution >= 0.6 is 0 Å². The molecule has 0 spiro atoms. The first-order valence-electron chi connectivity index (χ1n) is 9.30. The van der Waals surface area contributed by atoms with Crippen molar-refractivity contribution < 1.29 is 27.5 Å². The summed E-state index contributed by atoms with van der Waals surface area (Å²) in [6, 6.07) is 12.6. The van der Waals surface area contributed by atoms with Gasteiger partial charge in [0, 0.05) is 24.5 Å². The zero-order valence-electron chi connectivity index (χ0n) is 16.5. The number of methoxy groups -OCH3 is 1. The molecule has 2 aromatic rings. The SMILES string of the molecule is COC(=O)c1cccc(NCC(=O)Nc2ccc(S(=O)(=O)N3CCOCC3)cc2)c1. The van der Waals surface area contributed by atoms with Crippen LogP contribution in [-0.2, 0) is 24.3 Å². The van der Waals surface area contributed by atoms with Gasteiger partial charge in [0.25, 0.3) is 0 Å². The van der Waals surface area contributed by atoms with Crippen LogP contribution in [0.25, 0.3) is 0 Å². The molecule has 0 radical (unpaired) electrons. The van der Waals surface area contributed by atoms with Gasteiger partial charge in [-0.15, -0.1) is 0 Å². The number of benzene rings is 2. The number of amides is 1. The Morgan fingerprint density at radius 1 is 1.07 bits per heavy atom. The minimum absolute atomic E-state index is 0.0293. The third-order valence-electron chi connectivity index (χ3n) is 4.48. The third kappa shape index (κ3) is 5.35. The zero-order chi connectivity index (χ0) is 21.6. The van der Waals surface area contributed by atoms with E-state index in [-0.39, 0.29) is 17.3 Å². The lowest BCUT2D eigenvalue weighted by molar-refractivity contribution is -0.114. The summed E-state index contributed by atoms with van der Waals surface area (Å²) in [6.45, 7) is 1.37. The van der Waals surface area contributed by atoms with Crippen molar-refractivity contribution in [3.63, 3.8) is 0 Å². The van der Waals surface area contributed by atoms with Gasteiger partial charge in [0.15, 0.2) is 0 Å². The molecule has 2 N–H and O–H groups in total. The quantitative estimate of drug-likeness (QED) is 0.637. The van der Waals surface area contributed by atoms with Crippen LogP contribution in [0.15, 0.2) is 53.4 Å². The molecular weight excluding hydrogens is 410 g/mol. The molecule has 0 aliphatic carbocycles. The van der Waals surface area contributed by atoms with Crippen molar-refractivity contribution in [1.29, 1.82) is 0 Å². The van der Waals surface area contributed by atoms with Crippen LogP contribution < -0.4 is 10.6 Å². The van der Waals surface area contributed by atoms with Gasteiger partial charge in [-0.05, 0) is 42.5 Å². The number of anilines is 2. The Bertz CT molecular complexity index is 1000. The van der Waals surface area contributed by atoms with Crippen molar-refractivity contribution in [1.82, 2.24) is 4.31 Å². The highest BCUT2D eigenvalue weighted by Crippen LogP contribution is 2.19. The highest BCUT2D eigenvalue weighted by atomic mass is 32.2. The second kappa shape index (κ2) is 9.70. The van der Waals surface area contributed by atoms with Crippen LogP contribution in [0.2, 0.25) is 0 Å². The average molecular weight is 433 g/mol. The molecule has 1 aliphatic rings. The number of nitrogens with zero attached hydrogens (tertiary/aromatic N) is 1. The van der Waals surface area contributed by atoms with Gasteiger partial charge >= 0.3 is 5.97 Å². The predicted molar refractivity (Wildman–Crippen MR) is 111 cm³/mol. The molecule has 0 aromatic heterocycles. The van der Waals surface area contributed by atoms with Gasteiger partial charge in [-0.1, -0.05) is 6.07 Å². The van der Waals surface area contributed by atoms with Crippen molar-refractivity contribution in [2.75, 3.05) is 50.6 Å². The monoisotopic (exact) mass is 433 g/mol. The molecule has 1 heterocycles. The number of hydrogen-bond acceptors (Lipinski definition) is 7. The van der Waals surface area contributed by atoms with Gasteiger partial charge in [0.1, 0.15) is 0 Å². The Kier molecular flexibility index (Phi) is 7.03. The standard InChI is InChI=1S/C20H23N3O6S/c1-28-20(25)15-3-2-4-17(13-15)21-14-19(24)22-16-5-7-18(8-6-16)30(26,27)23-9-11-29-12-10-23/h2-8,13,21H,9-12,14H2,1H3,(H,22,24). The Morgan fingerprint density at radius 2 is 1.77 bits per heavy atom. The van der Waals surface area contributed by atoms with Gasteiger partial charge < -0.3 is 20.1 Å². The van der Waals surface area contributed by atoms with Crippen LogP contribution in [0.3, 0.4) is 0 Å². The molecule has 1 aliphatic heterocycles. The maximum Gasteiger partial charge on any atom is 0.337 e. The summed E-state index contributed by atoms with van der Waals surface area (Å²) in [5.74, 6) is -0.780. The van der Waals surface area contributed by atoms with Crippen molar-refractivity contribution in [2.45, 2.75) is 4.90 Å². The zero-order valence-corrected chi connectivity index (χ0v) is 17.3. The molecule has 160 valence electrons. The van der Waals surface area contributed by atoms with Crippen LogP contribution in [-0.4, -0.2) is 64.6 Å². The fourth-order valence-electron chi connectivity index (χ4n) is 2.91. The van der Waals surface area contributed by atoms with Crippen LogP contribution in [0.1, 0.15) is 10.4 Å². The van der Waals surface area contributed by atoms with Gasteiger partial charge in [0.2, 0.25) is 15.9 Å². The Morgan fingerprint density at radius 3 is 2.43 bits per heavy atom. The number of morpholine rings is 1. The molecular formula is C20H23N3O6S. The van der Waals surface area contributed by atoms with E-state index in [1.165, 1.54) is 23.5 Å². The Hall–Kier alpha value is -2.95.